The molecule has 1 saturated heterocycles. The quantitative estimate of drug-likeness (QED) is 0.712. The van der Waals surface area contributed by atoms with Gasteiger partial charge in [0.1, 0.15) is 6.17 Å². The maximum absolute atomic E-state index is 13.7. The molecule has 1 heterocycles. The first-order valence-electron chi connectivity index (χ1n) is 5.71. The van der Waals surface area contributed by atoms with Crippen LogP contribution in [0.4, 0.5) is 4.39 Å². The third kappa shape index (κ3) is 2.43. The van der Waals surface area contributed by atoms with Gasteiger partial charge in [-0.15, -0.1) is 0 Å². The molecular formula is C11H20FN. The van der Waals surface area contributed by atoms with E-state index in [0.29, 0.717) is 11.8 Å². The lowest BCUT2D eigenvalue weighted by atomic mass is 9.92. The molecular weight excluding hydrogens is 165 g/mol. The Morgan fingerprint density at radius 1 is 1.23 bits per heavy atom. The molecule has 1 aliphatic heterocycles. The number of hydrogen-bond donors (Lipinski definition) is 1. The molecule has 0 spiro atoms. The van der Waals surface area contributed by atoms with Gasteiger partial charge in [0.25, 0.3) is 0 Å². The molecule has 0 aromatic carbocycles. The van der Waals surface area contributed by atoms with Crippen molar-refractivity contribution in [2.75, 3.05) is 13.1 Å². The molecule has 13 heavy (non-hydrogen) atoms. The Kier molecular flexibility index (Phi) is 3.20. The minimum atomic E-state index is -0.507. The van der Waals surface area contributed by atoms with E-state index < -0.39 is 6.17 Å². The molecule has 0 aromatic heterocycles. The van der Waals surface area contributed by atoms with Crippen LogP contribution in [0.5, 0.6) is 0 Å². The lowest BCUT2D eigenvalue weighted by molar-refractivity contribution is 0.192. The van der Waals surface area contributed by atoms with Crippen molar-refractivity contribution >= 4 is 0 Å². The predicted octanol–water partition coefficient (Wildman–Crippen LogP) is 2.51. The number of hydrogen-bond acceptors (Lipinski definition) is 1. The molecule has 2 unspecified atom stereocenters. The minimum Gasteiger partial charge on any atom is -0.316 e. The van der Waals surface area contributed by atoms with Crippen molar-refractivity contribution in [2.24, 2.45) is 11.8 Å². The highest BCUT2D eigenvalue weighted by atomic mass is 19.1. The lowest BCUT2D eigenvalue weighted by Gasteiger charge is -2.18. The van der Waals surface area contributed by atoms with Crippen LogP contribution in [-0.4, -0.2) is 19.3 Å². The van der Waals surface area contributed by atoms with Gasteiger partial charge in [-0.1, -0.05) is 12.8 Å². The zero-order valence-corrected chi connectivity index (χ0v) is 8.27. The molecule has 0 aromatic rings. The first-order valence-corrected chi connectivity index (χ1v) is 5.71. The Labute approximate surface area is 80.1 Å². The second-order valence-corrected chi connectivity index (χ2v) is 4.66. The largest absolute Gasteiger partial charge is 0.316 e. The van der Waals surface area contributed by atoms with Gasteiger partial charge in [0, 0.05) is 0 Å². The summed E-state index contributed by atoms with van der Waals surface area (Å²) in [7, 11) is 0. The second kappa shape index (κ2) is 4.41. The van der Waals surface area contributed by atoms with Crippen LogP contribution in [0.15, 0.2) is 0 Å². The molecule has 2 rings (SSSR count). The van der Waals surface area contributed by atoms with Gasteiger partial charge >= 0.3 is 0 Å². The fourth-order valence-corrected chi connectivity index (χ4v) is 2.75. The molecule has 1 N–H and O–H groups in total. The molecule has 2 atom stereocenters. The van der Waals surface area contributed by atoms with Crippen molar-refractivity contribution in [3.05, 3.63) is 0 Å². The number of nitrogens with one attached hydrogen (secondary N) is 1. The maximum Gasteiger partial charge on any atom is 0.103 e. The Bertz CT molecular complexity index is 148. The summed E-state index contributed by atoms with van der Waals surface area (Å²) in [5, 5.41) is 3.30. The fourth-order valence-electron chi connectivity index (χ4n) is 2.75. The van der Waals surface area contributed by atoms with Gasteiger partial charge < -0.3 is 5.32 Å². The average molecular weight is 185 g/mol. The number of alkyl halides is 1. The van der Waals surface area contributed by atoms with Crippen molar-refractivity contribution in [3.8, 4) is 0 Å². The van der Waals surface area contributed by atoms with Crippen molar-refractivity contribution in [1.29, 1.82) is 0 Å². The SMILES string of the molecule is FC(CC1CCNC1)C1CCCC1. The highest BCUT2D eigenvalue weighted by Crippen LogP contribution is 2.33. The van der Waals surface area contributed by atoms with Gasteiger partial charge in [-0.3, -0.25) is 0 Å². The van der Waals surface area contributed by atoms with E-state index in [1.54, 1.807) is 0 Å². The summed E-state index contributed by atoms with van der Waals surface area (Å²) in [5.41, 5.74) is 0. The lowest BCUT2D eigenvalue weighted by Crippen LogP contribution is -2.19. The summed E-state index contributed by atoms with van der Waals surface area (Å²) >= 11 is 0. The molecule has 1 nitrogen and oxygen atoms in total. The number of halogens is 1. The Hall–Kier alpha value is -0.110. The third-order valence-electron chi connectivity index (χ3n) is 3.63. The van der Waals surface area contributed by atoms with Crippen LogP contribution in [0.2, 0.25) is 0 Å². The highest BCUT2D eigenvalue weighted by Gasteiger charge is 2.28. The van der Waals surface area contributed by atoms with Crippen LogP contribution in [0.3, 0.4) is 0 Å². The molecule has 1 saturated carbocycles. The van der Waals surface area contributed by atoms with Crippen LogP contribution < -0.4 is 5.32 Å². The summed E-state index contributed by atoms with van der Waals surface area (Å²) in [6.45, 7) is 2.15. The van der Waals surface area contributed by atoms with Gasteiger partial charge in [0.15, 0.2) is 0 Å². The van der Waals surface area contributed by atoms with Crippen LogP contribution in [0.1, 0.15) is 38.5 Å². The van der Waals surface area contributed by atoms with Gasteiger partial charge in [-0.2, -0.15) is 0 Å². The van der Waals surface area contributed by atoms with E-state index in [1.165, 1.54) is 19.3 Å². The zero-order chi connectivity index (χ0) is 9.10. The standard InChI is InChI=1S/C11H20FN/c12-11(10-3-1-2-4-10)7-9-5-6-13-8-9/h9-11,13H,1-8H2. The van der Waals surface area contributed by atoms with E-state index in [9.17, 15) is 4.39 Å². The molecule has 0 bridgehead atoms. The summed E-state index contributed by atoms with van der Waals surface area (Å²) in [6.07, 6.45) is 6.29. The third-order valence-corrected chi connectivity index (χ3v) is 3.63. The molecule has 76 valence electrons. The van der Waals surface area contributed by atoms with Crippen LogP contribution >= 0.6 is 0 Å². The summed E-state index contributed by atoms with van der Waals surface area (Å²) < 4.78 is 13.7. The van der Waals surface area contributed by atoms with Crippen LogP contribution in [0.25, 0.3) is 0 Å². The minimum absolute atomic E-state index is 0.403. The van der Waals surface area contributed by atoms with Gasteiger partial charge in [0.2, 0.25) is 0 Å². The molecule has 0 amide bonds. The predicted molar refractivity (Wildman–Crippen MR) is 52.4 cm³/mol. The van der Waals surface area contributed by atoms with E-state index >= 15 is 0 Å². The molecule has 0 radical (unpaired) electrons. The van der Waals surface area contributed by atoms with E-state index in [0.717, 1.165) is 32.4 Å². The molecule has 2 aliphatic rings. The first-order chi connectivity index (χ1) is 6.36. The van der Waals surface area contributed by atoms with Gasteiger partial charge in [-0.05, 0) is 50.6 Å². The Morgan fingerprint density at radius 3 is 2.62 bits per heavy atom. The summed E-state index contributed by atoms with van der Waals surface area (Å²) in [4.78, 5) is 0. The van der Waals surface area contributed by atoms with E-state index in [4.69, 9.17) is 0 Å². The summed E-state index contributed by atoms with van der Waals surface area (Å²) in [5.74, 6) is 1.02. The molecule has 2 fully saturated rings. The highest BCUT2D eigenvalue weighted by molar-refractivity contribution is 4.80. The topological polar surface area (TPSA) is 12.0 Å². The maximum atomic E-state index is 13.7. The van der Waals surface area contributed by atoms with Crippen molar-refractivity contribution < 1.29 is 4.39 Å². The summed E-state index contributed by atoms with van der Waals surface area (Å²) in [6, 6.07) is 0. The van der Waals surface area contributed by atoms with Gasteiger partial charge in [-0.25, -0.2) is 4.39 Å². The second-order valence-electron chi connectivity index (χ2n) is 4.66. The van der Waals surface area contributed by atoms with Crippen molar-refractivity contribution in [3.63, 3.8) is 0 Å². The van der Waals surface area contributed by atoms with Crippen molar-refractivity contribution in [2.45, 2.75) is 44.7 Å². The zero-order valence-electron chi connectivity index (χ0n) is 8.27. The van der Waals surface area contributed by atoms with Crippen LogP contribution in [0, 0.1) is 11.8 Å². The first kappa shape index (κ1) is 9.45. The molecule has 1 aliphatic carbocycles. The Balaban J connectivity index is 1.73. The number of rotatable bonds is 3. The van der Waals surface area contributed by atoms with E-state index in [1.807, 2.05) is 0 Å². The van der Waals surface area contributed by atoms with Crippen LogP contribution in [-0.2, 0) is 0 Å². The van der Waals surface area contributed by atoms with E-state index in [-0.39, 0.29) is 0 Å². The Morgan fingerprint density at radius 2 is 2.00 bits per heavy atom. The smallest absolute Gasteiger partial charge is 0.103 e. The van der Waals surface area contributed by atoms with Crippen molar-refractivity contribution in [1.82, 2.24) is 5.32 Å². The fraction of sp³-hybridized carbons (Fsp3) is 1.00. The monoisotopic (exact) mass is 185 g/mol. The average Bonchev–Trinajstić information content (AvgIpc) is 2.74. The van der Waals surface area contributed by atoms with Gasteiger partial charge in [0.05, 0.1) is 0 Å². The normalized spacial score (nSPS) is 32.5. The molecule has 2 heteroatoms. The van der Waals surface area contributed by atoms with E-state index in [2.05, 4.69) is 5.32 Å².